The average Bonchev–Trinajstić information content (AvgIpc) is 3.37. The van der Waals surface area contributed by atoms with Crippen LogP contribution in [0.5, 0.6) is 11.5 Å². The van der Waals surface area contributed by atoms with E-state index in [1.54, 1.807) is 14.2 Å². The molecular formula is C27H30N2O3. The first-order valence-corrected chi connectivity index (χ1v) is 11.3. The minimum atomic E-state index is 0.0925. The minimum Gasteiger partial charge on any atom is -0.497 e. The monoisotopic (exact) mass is 430 g/mol. The number of aromatic nitrogens is 1. The number of benzene rings is 2. The molecule has 1 aliphatic rings. The number of pyridine rings is 1. The minimum absolute atomic E-state index is 0.0925. The van der Waals surface area contributed by atoms with E-state index in [1.165, 1.54) is 25.7 Å². The highest BCUT2D eigenvalue weighted by Gasteiger charge is 2.16. The van der Waals surface area contributed by atoms with E-state index in [0.29, 0.717) is 6.42 Å². The van der Waals surface area contributed by atoms with Gasteiger partial charge in [-0.1, -0.05) is 43.9 Å². The Labute approximate surface area is 189 Å². The largest absolute Gasteiger partial charge is 0.497 e. The summed E-state index contributed by atoms with van der Waals surface area (Å²) < 4.78 is 10.9. The Morgan fingerprint density at radius 1 is 0.969 bits per heavy atom. The summed E-state index contributed by atoms with van der Waals surface area (Å²) in [6, 6.07) is 19.4. The summed E-state index contributed by atoms with van der Waals surface area (Å²) in [5.41, 5.74) is 4.34. The zero-order valence-electron chi connectivity index (χ0n) is 18.8. The number of amides is 1. The molecule has 0 atom stereocenters. The van der Waals surface area contributed by atoms with E-state index in [2.05, 4.69) is 5.32 Å². The van der Waals surface area contributed by atoms with Crippen LogP contribution in [0.4, 0.5) is 5.69 Å². The second-order valence-corrected chi connectivity index (χ2v) is 8.29. The molecule has 0 saturated heterocycles. The van der Waals surface area contributed by atoms with Gasteiger partial charge in [0.05, 0.1) is 25.6 Å². The van der Waals surface area contributed by atoms with Gasteiger partial charge in [-0.25, -0.2) is 4.98 Å². The molecule has 1 aromatic heterocycles. The first-order chi connectivity index (χ1) is 15.7. The number of methoxy groups -OCH3 is 2. The molecule has 0 radical (unpaired) electrons. The summed E-state index contributed by atoms with van der Waals surface area (Å²) in [6.07, 6.45) is 6.76. The lowest BCUT2D eigenvalue weighted by atomic mass is 10.0. The maximum atomic E-state index is 12.3. The predicted molar refractivity (Wildman–Crippen MR) is 128 cm³/mol. The molecule has 1 N–H and O–H groups in total. The van der Waals surface area contributed by atoms with Gasteiger partial charge < -0.3 is 14.8 Å². The summed E-state index contributed by atoms with van der Waals surface area (Å²) in [5, 5.41) is 3.02. The van der Waals surface area contributed by atoms with Crippen LogP contribution in [0.3, 0.4) is 0 Å². The highest BCUT2D eigenvalue weighted by molar-refractivity contribution is 5.91. The Morgan fingerprint density at radius 3 is 2.44 bits per heavy atom. The standard InChI is InChI=1S/C27H30N2O3/c1-31-22-15-16-26(32-2)23(18-22)25-9-5-8-24(29-25)20-11-13-21(14-12-20)28-27(30)17-10-19-6-3-4-7-19/h5,8-9,11-16,18-19H,3-4,6-7,10,17H2,1-2H3,(H,28,30). The van der Waals surface area contributed by atoms with Crippen LogP contribution in [-0.4, -0.2) is 25.1 Å². The van der Waals surface area contributed by atoms with Gasteiger partial charge >= 0.3 is 0 Å². The van der Waals surface area contributed by atoms with Crippen LogP contribution in [-0.2, 0) is 4.79 Å². The lowest BCUT2D eigenvalue weighted by Crippen LogP contribution is -2.12. The third kappa shape index (κ3) is 5.28. The molecule has 5 heteroatoms. The van der Waals surface area contributed by atoms with Gasteiger partial charge in [0, 0.05) is 23.2 Å². The van der Waals surface area contributed by atoms with Gasteiger partial charge in [0.15, 0.2) is 0 Å². The first-order valence-electron chi connectivity index (χ1n) is 11.3. The number of carbonyl (C=O) groups is 1. The molecule has 0 bridgehead atoms. The molecule has 5 nitrogen and oxygen atoms in total. The van der Waals surface area contributed by atoms with Crippen molar-refractivity contribution < 1.29 is 14.3 Å². The molecule has 3 aromatic rings. The van der Waals surface area contributed by atoms with Crippen molar-refractivity contribution in [1.82, 2.24) is 4.98 Å². The molecule has 1 heterocycles. The Kier molecular flexibility index (Phi) is 7.05. The van der Waals surface area contributed by atoms with E-state index in [-0.39, 0.29) is 5.91 Å². The van der Waals surface area contributed by atoms with E-state index in [1.807, 2.05) is 60.7 Å². The maximum absolute atomic E-state index is 12.3. The molecule has 0 spiro atoms. The lowest BCUT2D eigenvalue weighted by Gasteiger charge is -2.12. The summed E-state index contributed by atoms with van der Waals surface area (Å²) in [6.45, 7) is 0. The van der Waals surface area contributed by atoms with Gasteiger partial charge in [0.2, 0.25) is 5.91 Å². The molecule has 32 heavy (non-hydrogen) atoms. The quantitative estimate of drug-likeness (QED) is 0.453. The van der Waals surface area contributed by atoms with Crippen molar-refractivity contribution in [3.05, 3.63) is 60.7 Å². The SMILES string of the molecule is COc1ccc(OC)c(-c2cccc(-c3ccc(NC(=O)CCC4CCCC4)cc3)n2)c1. The molecule has 2 aromatic carbocycles. The lowest BCUT2D eigenvalue weighted by molar-refractivity contribution is -0.116. The van der Waals surface area contributed by atoms with Gasteiger partial charge in [0.1, 0.15) is 11.5 Å². The fourth-order valence-electron chi connectivity index (χ4n) is 4.34. The van der Waals surface area contributed by atoms with Crippen molar-refractivity contribution in [2.75, 3.05) is 19.5 Å². The summed E-state index contributed by atoms with van der Waals surface area (Å²) >= 11 is 0. The van der Waals surface area contributed by atoms with Gasteiger partial charge in [0.25, 0.3) is 0 Å². The van der Waals surface area contributed by atoms with Crippen molar-refractivity contribution in [1.29, 1.82) is 0 Å². The zero-order valence-corrected chi connectivity index (χ0v) is 18.8. The molecule has 1 amide bonds. The van der Waals surface area contributed by atoms with Crippen LogP contribution < -0.4 is 14.8 Å². The van der Waals surface area contributed by atoms with Crippen molar-refractivity contribution in [3.8, 4) is 34.0 Å². The molecule has 0 aliphatic heterocycles. The number of hydrogen-bond acceptors (Lipinski definition) is 4. The predicted octanol–water partition coefficient (Wildman–Crippen LogP) is 6.34. The summed E-state index contributed by atoms with van der Waals surface area (Å²) in [7, 11) is 3.29. The maximum Gasteiger partial charge on any atom is 0.224 e. The van der Waals surface area contributed by atoms with Crippen LogP contribution in [0, 0.1) is 5.92 Å². The second kappa shape index (κ2) is 10.3. The van der Waals surface area contributed by atoms with Gasteiger partial charge in [-0.2, -0.15) is 0 Å². The van der Waals surface area contributed by atoms with Crippen molar-refractivity contribution in [2.24, 2.45) is 5.92 Å². The van der Waals surface area contributed by atoms with Crippen molar-refractivity contribution in [3.63, 3.8) is 0 Å². The van der Waals surface area contributed by atoms with Crippen LogP contribution in [0.15, 0.2) is 60.7 Å². The third-order valence-electron chi connectivity index (χ3n) is 6.15. The molecule has 166 valence electrons. The Hall–Kier alpha value is -3.34. The molecule has 0 unspecified atom stereocenters. The van der Waals surface area contributed by atoms with E-state index in [0.717, 1.165) is 52.0 Å². The van der Waals surface area contributed by atoms with Gasteiger partial charge in [-0.15, -0.1) is 0 Å². The molecule has 1 fully saturated rings. The van der Waals surface area contributed by atoms with Crippen LogP contribution in [0.2, 0.25) is 0 Å². The van der Waals surface area contributed by atoms with Crippen molar-refractivity contribution in [2.45, 2.75) is 38.5 Å². The third-order valence-corrected chi connectivity index (χ3v) is 6.15. The van der Waals surface area contributed by atoms with E-state index in [4.69, 9.17) is 14.5 Å². The first kappa shape index (κ1) is 21.9. The highest BCUT2D eigenvalue weighted by Crippen LogP contribution is 2.33. The highest BCUT2D eigenvalue weighted by atomic mass is 16.5. The number of anilines is 1. The average molecular weight is 431 g/mol. The van der Waals surface area contributed by atoms with Gasteiger partial charge in [-0.05, 0) is 54.8 Å². The number of hydrogen-bond donors (Lipinski definition) is 1. The smallest absolute Gasteiger partial charge is 0.224 e. The normalized spacial score (nSPS) is 13.7. The molecule has 4 rings (SSSR count). The Bertz CT molecular complexity index is 1060. The van der Waals surface area contributed by atoms with Crippen LogP contribution >= 0.6 is 0 Å². The topological polar surface area (TPSA) is 60.5 Å². The zero-order chi connectivity index (χ0) is 22.3. The molecule has 1 saturated carbocycles. The van der Waals surface area contributed by atoms with Gasteiger partial charge in [-0.3, -0.25) is 4.79 Å². The van der Waals surface area contributed by atoms with E-state index >= 15 is 0 Å². The molecular weight excluding hydrogens is 400 g/mol. The number of nitrogens with one attached hydrogen (secondary N) is 1. The Balaban J connectivity index is 1.46. The van der Waals surface area contributed by atoms with E-state index in [9.17, 15) is 4.79 Å². The molecule has 1 aliphatic carbocycles. The number of carbonyl (C=O) groups excluding carboxylic acids is 1. The fraction of sp³-hybridized carbons (Fsp3) is 0.333. The summed E-state index contributed by atoms with van der Waals surface area (Å²) in [4.78, 5) is 17.1. The Morgan fingerprint density at radius 2 is 1.72 bits per heavy atom. The number of ether oxygens (including phenoxy) is 2. The van der Waals surface area contributed by atoms with Crippen LogP contribution in [0.25, 0.3) is 22.5 Å². The van der Waals surface area contributed by atoms with Crippen LogP contribution in [0.1, 0.15) is 38.5 Å². The van der Waals surface area contributed by atoms with Crippen molar-refractivity contribution >= 4 is 11.6 Å². The number of nitrogens with zero attached hydrogens (tertiary/aromatic N) is 1. The summed E-state index contributed by atoms with van der Waals surface area (Å²) in [5.74, 6) is 2.31. The number of rotatable bonds is 8. The second-order valence-electron chi connectivity index (χ2n) is 8.29. The fourth-order valence-corrected chi connectivity index (χ4v) is 4.34. The van der Waals surface area contributed by atoms with E-state index < -0.39 is 0 Å².